The van der Waals surface area contributed by atoms with Gasteiger partial charge in [-0.05, 0) is 86.2 Å². The average Bonchev–Trinajstić information content (AvgIpc) is 3.02. The maximum atomic E-state index is 13.3. The van der Waals surface area contributed by atoms with Crippen LogP contribution in [0.5, 0.6) is 0 Å². The van der Waals surface area contributed by atoms with Gasteiger partial charge in [-0.3, -0.25) is 4.79 Å². The van der Waals surface area contributed by atoms with Crippen LogP contribution in [0.4, 0.5) is 0 Å². The van der Waals surface area contributed by atoms with Crippen LogP contribution in [-0.4, -0.2) is 38.4 Å². The summed E-state index contributed by atoms with van der Waals surface area (Å²) in [5.74, 6) is 2.17. The quantitative estimate of drug-likeness (QED) is 0.494. The summed E-state index contributed by atoms with van der Waals surface area (Å²) in [5, 5.41) is 34.1. The number of aliphatic hydroxyl groups excluding tert-OH is 1. The Morgan fingerprint density at radius 2 is 1.64 bits per heavy atom. The summed E-state index contributed by atoms with van der Waals surface area (Å²) in [5.41, 5.74) is -2.42. The van der Waals surface area contributed by atoms with E-state index < -0.39 is 22.7 Å². The molecule has 4 heteroatoms. The normalized spacial score (nSPS) is 46.9. The Morgan fingerprint density at radius 3 is 2.27 bits per heavy atom. The van der Waals surface area contributed by atoms with E-state index in [1.165, 1.54) is 19.3 Å². The summed E-state index contributed by atoms with van der Waals surface area (Å²) in [6.45, 7) is 13.6. The molecule has 0 aromatic carbocycles. The second-order valence-corrected chi connectivity index (χ2v) is 13.1. The Kier molecular flexibility index (Phi) is 6.50. The maximum absolute atomic E-state index is 13.3. The Bertz CT molecular complexity index is 803. The second-order valence-electron chi connectivity index (χ2n) is 13.1. The van der Waals surface area contributed by atoms with Gasteiger partial charge in [0.2, 0.25) is 0 Å². The van der Waals surface area contributed by atoms with Crippen molar-refractivity contribution in [2.24, 2.45) is 40.4 Å². The monoisotopic (exact) mass is 460 g/mol. The van der Waals surface area contributed by atoms with E-state index in [1.54, 1.807) is 6.08 Å². The number of ketones is 1. The molecule has 33 heavy (non-hydrogen) atoms. The third-order valence-electron chi connectivity index (χ3n) is 11.5. The maximum Gasteiger partial charge on any atom is 0.187 e. The van der Waals surface area contributed by atoms with Crippen molar-refractivity contribution in [3.05, 3.63) is 11.6 Å². The highest BCUT2D eigenvalue weighted by molar-refractivity contribution is 6.00. The molecule has 4 aliphatic carbocycles. The minimum atomic E-state index is -1.51. The van der Waals surface area contributed by atoms with Crippen LogP contribution in [0.25, 0.3) is 0 Å². The van der Waals surface area contributed by atoms with Crippen molar-refractivity contribution >= 4 is 5.78 Å². The lowest BCUT2D eigenvalue weighted by Gasteiger charge is -2.62. The molecule has 4 aliphatic rings. The van der Waals surface area contributed by atoms with Crippen molar-refractivity contribution in [2.75, 3.05) is 0 Å². The molecular formula is C29H48O4. The first-order chi connectivity index (χ1) is 15.3. The highest BCUT2D eigenvalue weighted by atomic mass is 16.3. The van der Waals surface area contributed by atoms with Crippen LogP contribution >= 0.6 is 0 Å². The van der Waals surface area contributed by atoms with Crippen LogP contribution < -0.4 is 0 Å². The zero-order chi connectivity index (χ0) is 24.4. The fourth-order valence-corrected chi connectivity index (χ4v) is 8.97. The number of rotatable bonds is 6. The smallest absolute Gasteiger partial charge is 0.187 e. The first-order valence-corrected chi connectivity index (χ1v) is 13.7. The summed E-state index contributed by atoms with van der Waals surface area (Å²) in [6, 6.07) is 0. The molecule has 0 aliphatic heterocycles. The molecule has 3 N–H and O–H groups in total. The predicted octanol–water partition coefficient (Wildman–Crippen LogP) is 5.43. The lowest BCUT2D eigenvalue weighted by molar-refractivity contribution is -0.188. The molecule has 9 atom stereocenters. The molecule has 0 radical (unpaired) electrons. The average molecular weight is 461 g/mol. The molecule has 3 fully saturated rings. The first kappa shape index (κ1) is 25.4. The summed E-state index contributed by atoms with van der Waals surface area (Å²) in [6.07, 6.45) is 9.56. The minimum absolute atomic E-state index is 0.00486. The molecule has 0 aromatic rings. The van der Waals surface area contributed by atoms with Crippen molar-refractivity contribution in [2.45, 2.75) is 123 Å². The van der Waals surface area contributed by atoms with Gasteiger partial charge < -0.3 is 15.3 Å². The fraction of sp³-hybridized carbons (Fsp3) is 0.897. The zero-order valence-electron chi connectivity index (χ0n) is 21.9. The molecule has 0 amide bonds. The largest absolute Gasteiger partial charge is 0.393 e. The van der Waals surface area contributed by atoms with Gasteiger partial charge in [-0.1, -0.05) is 54.4 Å². The number of hydrogen-bond donors (Lipinski definition) is 3. The summed E-state index contributed by atoms with van der Waals surface area (Å²) >= 11 is 0. The minimum Gasteiger partial charge on any atom is -0.393 e. The van der Waals surface area contributed by atoms with Gasteiger partial charge in [0.1, 0.15) is 5.60 Å². The van der Waals surface area contributed by atoms with Gasteiger partial charge in [0.05, 0.1) is 11.7 Å². The van der Waals surface area contributed by atoms with Gasteiger partial charge in [0, 0.05) is 17.3 Å². The topological polar surface area (TPSA) is 77.8 Å². The van der Waals surface area contributed by atoms with E-state index >= 15 is 0 Å². The van der Waals surface area contributed by atoms with E-state index in [0.29, 0.717) is 37.0 Å². The second kappa shape index (κ2) is 8.45. The van der Waals surface area contributed by atoms with Gasteiger partial charge in [0.15, 0.2) is 5.78 Å². The molecule has 0 spiro atoms. The van der Waals surface area contributed by atoms with E-state index in [9.17, 15) is 20.1 Å². The van der Waals surface area contributed by atoms with E-state index in [4.69, 9.17) is 0 Å². The van der Waals surface area contributed by atoms with Crippen LogP contribution in [0.1, 0.15) is 106 Å². The molecule has 0 unspecified atom stereocenters. The van der Waals surface area contributed by atoms with Crippen LogP contribution in [0.15, 0.2) is 11.6 Å². The highest BCUT2D eigenvalue weighted by Gasteiger charge is 2.69. The lowest BCUT2D eigenvalue weighted by atomic mass is 9.44. The standard InChI is InChI=1S/C29H48O4/c1-7-20(18(2)3)9-8-19(4)22-12-15-28(32)24-16-25(31)29(33)17-21(30)10-13-27(29,6)23(24)11-14-26(22,28)5/h16,18-23,30,32-33H,7-15,17H2,1-6H3/t19-,20-,21+,22-,23+,26-,27-,28-,29+/m1/s1. The molecule has 3 saturated carbocycles. The summed E-state index contributed by atoms with van der Waals surface area (Å²) in [4.78, 5) is 13.3. The van der Waals surface area contributed by atoms with Crippen molar-refractivity contribution in [3.8, 4) is 0 Å². The number of carbonyl (C=O) groups is 1. The van der Waals surface area contributed by atoms with Gasteiger partial charge in [-0.2, -0.15) is 0 Å². The Labute approximate surface area is 201 Å². The van der Waals surface area contributed by atoms with Gasteiger partial charge >= 0.3 is 0 Å². The molecule has 0 saturated heterocycles. The molecular weight excluding hydrogens is 412 g/mol. The zero-order valence-corrected chi connectivity index (χ0v) is 21.9. The van der Waals surface area contributed by atoms with E-state index in [-0.39, 0.29) is 23.5 Å². The van der Waals surface area contributed by atoms with Crippen LogP contribution in [0, 0.1) is 40.4 Å². The third-order valence-corrected chi connectivity index (χ3v) is 11.5. The predicted molar refractivity (Wildman–Crippen MR) is 132 cm³/mol. The first-order valence-electron chi connectivity index (χ1n) is 13.7. The molecule has 0 heterocycles. The van der Waals surface area contributed by atoms with E-state index in [1.807, 2.05) is 6.92 Å². The van der Waals surface area contributed by atoms with Gasteiger partial charge in [0.25, 0.3) is 0 Å². The Balaban J connectivity index is 1.62. The van der Waals surface area contributed by atoms with E-state index in [0.717, 1.165) is 30.8 Å². The number of aliphatic hydroxyl groups is 3. The van der Waals surface area contributed by atoms with Crippen molar-refractivity contribution in [1.29, 1.82) is 0 Å². The van der Waals surface area contributed by atoms with Crippen molar-refractivity contribution in [3.63, 3.8) is 0 Å². The fourth-order valence-electron chi connectivity index (χ4n) is 8.97. The third kappa shape index (κ3) is 3.52. The van der Waals surface area contributed by atoms with Gasteiger partial charge in [-0.15, -0.1) is 0 Å². The highest BCUT2D eigenvalue weighted by Crippen LogP contribution is 2.68. The molecule has 188 valence electrons. The number of hydrogen-bond acceptors (Lipinski definition) is 4. The SMILES string of the molecule is CC[C@H](CC[C@@H](C)[C@H]1CC[C@@]2(O)C3=CC(=O)[C@@]4(O)C[C@@H](O)CC[C@]4(C)[C@H]3CC[C@]12C)C(C)C. The van der Waals surface area contributed by atoms with Crippen molar-refractivity contribution in [1.82, 2.24) is 0 Å². The van der Waals surface area contributed by atoms with Crippen LogP contribution in [0.2, 0.25) is 0 Å². The molecule has 4 nitrogen and oxygen atoms in total. The molecule has 4 rings (SSSR count). The van der Waals surface area contributed by atoms with Crippen LogP contribution in [0.3, 0.4) is 0 Å². The number of carbonyl (C=O) groups excluding carboxylic acids is 1. The van der Waals surface area contributed by atoms with Crippen LogP contribution in [-0.2, 0) is 4.79 Å². The van der Waals surface area contributed by atoms with E-state index in [2.05, 4.69) is 34.6 Å². The Morgan fingerprint density at radius 1 is 0.970 bits per heavy atom. The number of fused-ring (bicyclic) bond motifs is 5. The van der Waals surface area contributed by atoms with Gasteiger partial charge in [-0.25, -0.2) is 0 Å². The Hall–Kier alpha value is -0.710. The lowest BCUT2D eigenvalue weighted by Crippen LogP contribution is -2.66. The summed E-state index contributed by atoms with van der Waals surface area (Å²) < 4.78 is 0. The molecule has 0 aromatic heterocycles. The van der Waals surface area contributed by atoms with Crippen molar-refractivity contribution < 1.29 is 20.1 Å². The molecule has 0 bridgehead atoms. The summed E-state index contributed by atoms with van der Waals surface area (Å²) in [7, 11) is 0.